The molecule has 0 bridgehead atoms. The summed E-state index contributed by atoms with van der Waals surface area (Å²) < 4.78 is 34.3. The first-order chi connectivity index (χ1) is 30.0. The summed E-state index contributed by atoms with van der Waals surface area (Å²) >= 11 is 0. The van der Waals surface area contributed by atoms with E-state index in [9.17, 15) is 19.0 Å². The smallest absolute Gasteiger partial charge is 0.462 e. The molecule has 0 saturated carbocycles. The monoisotopic (exact) mass is 889 g/mol. The number of quaternary nitrogens is 1. The SMILES string of the molecule is CC/C=C\C/C=C\C/C=C\C/C=C\C/C=C\C/C=C\CCCCC(=O)OC(COC(=O)CCCCCCCCC/C=C\CCCCCCCC)COP(=O)(O)OCC[N+](C)(C)C. The molecule has 356 valence electrons. The van der Waals surface area contributed by atoms with Gasteiger partial charge in [0.05, 0.1) is 27.7 Å². The second-order valence-electron chi connectivity index (χ2n) is 17.1. The molecule has 9 nitrogen and oxygen atoms in total. The molecule has 10 heteroatoms. The molecule has 0 aliphatic rings. The van der Waals surface area contributed by atoms with Crippen molar-refractivity contribution in [2.45, 2.75) is 187 Å². The van der Waals surface area contributed by atoms with Crippen molar-refractivity contribution in [1.82, 2.24) is 0 Å². The Bertz CT molecular complexity index is 1330. The molecule has 0 aromatic heterocycles. The minimum absolute atomic E-state index is 0.0180. The lowest BCUT2D eigenvalue weighted by molar-refractivity contribution is -0.870. The van der Waals surface area contributed by atoms with E-state index in [0.717, 1.165) is 83.5 Å². The zero-order valence-corrected chi connectivity index (χ0v) is 41.0. The number of unbranched alkanes of at least 4 members (excludes halogenated alkanes) is 15. The molecule has 1 N–H and O–H groups in total. The molecule has 0 radical (unpaired) electrons. The highest BCUT2D eigenvalue weighted by Gasteiger charge is 2.27. The molecule has 0 aromatic rings. The summed E-state index contributed by atoms with van der Waals surface area (Å²) in [6, 6.07) is 0. The Balaban J connectivity index is 4.41. The molecule has 2 unspecified atom stereocenters. The largest absolute Gasteiger partial charge is 0.472 e. The van der Waals surface area contributed by atoms with Gasteiger partial charge in [0.1, 0.15) is 19.8 Å². The third-order valence-corrected chi connectivity index (χ3v) is 10.9. The Morgan fingerprint density at radius 2 is 0.919 bits per heavy atom. The minimum Gasteiger partial charge on any atom is -0.462 e. The van der Waals surface area contributed by atoms with Gasteiger partial charge in [-0.3, -0.25) is 18.6 Å². The summed E-state index contributed by atoms with van der Waals surface area (Å²) in [5.74, 6) is -0.859. The first kappa shape index (κ1) is 59.2. The Labute approximate surface area is 380 Å². The van der Waals surface area contributed by atoms with E-state index in [0.29, 0.717) is 17.4 Å². The Kier molecular flexibility index (Phi) is 41.5. The van der Waals surface area contributed by atoms with Crippen LogP contribution in [-0.2, 0) is 32.7 Å². The fourth-order valence-corrected chi connectivity index (χ4v) is 6.87. The molecule has 62 heavy (non-hydrogen) atoms. The van der Waals surface area contributed by atoms with Crippen LogP contribution in [0.1, 0.15) is 181 Å². The van der Waals surface area contributed by atoms with Crippen LogP contribution >= 0.6 is 7.82 Å². The number of likely N-dealkylation sites (N-methyl/N-ethyl adjacent to an activating group) is 1. The van der Waals surface area contributed by atoms with E-state index in [4.69, 9.17) is 18.5 Å². The number of hydrogen-bond donors (Lipinski definition) is 1. The van der Waals surface area contributed by atoms with Crippen molar-refractivity contribution in [3.05, 3.63) is 85.1 Å². The van der Waals surface area contributed by atoms with Crippen molar-refractivity contribution < 1.29 is 42.1 Å². The maximum absolute atomic E-state index is 12.7. The molecule has 0 heterocycles. The maximum atomic E-state index is 12.7. The Hall–Kier alpha value is -2.81. The van der Waals surface area contributed by atoms with Gasteiger partial charge >= 0.3 is 19.8 Å². The number of carbonyl (C=O) groups is 2. The average Bonchev–Trinajstić information content (AvgIpc) is 3.23. The number of rotatable bonds is 43. The van der Waals surface area contributed by atoms with Gasteiger partial charge in [-0.05, 0) is 89.9 Å². The fraction of sp³-hybridized carbons (Fsp3) is 0.692. The van der Waals surface area contributed by atoms with E-state index in [1.165, 1.54) is 64.2 Å². The summed E-state index contributed by atoms with van der Waals surface area (Å²) in [6.45, 7) is 4.24. The molecule has 0 fully saturated rings. The average molecular weight is 889 g/mol. The summed E-state index contributed by atoms with van der Waals surface area (Å²) in [4.78, 5) is 35.5. The molecule has 0 aromatic carbocycles. The van der Waals surface area contributed by atoms with Crippen molar-refractivity contribution in [3.63, 3.8) is 0 Å². The predicted octanol–water partition coefficient (Wildman–Crippen LogP) is 14.4. The van der Waals surface area contributed by atoms with Crippen LogP contribution in [0.5, 0.6) is 0 Å². The minimum atomic E-state index is -4.40. The van der Waals surface area contributed by atoms with Gasteiger partial charge < -0.3 is 18.9 Å². The topological polar surface area (TPSA) is 108 Å². The number of esters is 2. The zero-order valence-electron chi connectivity index (χ0n) is 40.1. The Morgan fingerprint density at radius 1 is 0.516 bits per heavy atom. The third kappa shape index (κ3) is 46.7. The summed E-state index contributed by atoms with van der Waals surface area (Å²) in [7, 11) is 1.43. The number of hydrogen-bond acceptors (Lipinski definition) is 7. The lowest BCUT2D eigenvalue weighted by Gasteiger charge is -2.24. The standard InChI is InChI=1S/C52H90NO8P/c1-6-8-10-12-14-16-18-20-22-24-25-26-27-29-31-33-35-37-39-41-43-45-52(55)61-50(49-60-62(56,57)59-47-46-53(3,4)5)48-58-51(54)44-42-40-38-36-34-32-30-28-23-21-19-17-15-13-11-9-7-2/h8,10,14,16,20-23,25-26,29,31,35,37,50H,6-7,9,11-13,15,17-19,24,27-28,30,32-34,36,38-49H2,1-5H3/p+1/b10-8-,16-14-,22-20-,23-21-,26-25-,31-29-,37-35-. The van der Waals surface area contributed by atoms with Crippen LogP contribution in [0.3, 0.4) is 0 Å². The number of carbonyl (C=O) groups excluding carboxylic acids is 2. The molecule has 0 amide bonds. The summed E-state index contributed by atoms with van der Waals surface area (Å²) in [5, 5.41) is 0. The highest BCUT2D eigenvalue weighted by Crippen LogP contribution is 2.43. The third-order valence-electron chi connectivity index (χ3n) is 9.91. The molecule has 0 aliphatic heterocycles. The van der Waals surface area contributed by atoms with Crippen molar-refractivity contribution in [2.75, 3.05) is 47.5 Å². The van der Waals surface area contributed by atoms with Gasteiger partial charge in [0.15, 0.2) is 6.10 Å². The first-order valence-electron chi connectivity index (χ1n) is 24.3. The van der Waals surface area contributed by atoms with Crippen LogP contribution in [0.4, 0.5) is 0 Å². The van der Waals surface area contributed by atoms with Gasteiger partial charge in [-0.25, -0.2) is 4.57 Å². The number of ether oxygens (including phenoxy) is 2. The van der Waals surface area contributed by atoms with E-state index in [-0.39, 0.29) is 32.0 Å². The summed E-state index contributed by atoms with van der Waals surface area (Å²) in [6.07, 6.45) is 56.3. The number of nitrogens with zero attached hydrogens (tertiary/aromatic N) is 1. The van der Waals surface area contributed by atoms with Crippen LogP contribution in [0.2, 0.25) is 0 Å². The van der Waals surface area contributed by atoms with Crippen LogP contribution in [0, 0.1) is 0 Å². The molecule has 0 spiro atoms. The van der Waals surface area contributed by atoms with E-state index >= 15 is 0 Å². The van der Waals surface area contributed by atoms with Crippen molar-refractivity contribution in [1.29, 1.82) is 0 Å². The van der Waals surface area contributed by atoms with E-state index in [2.05, 4.69) is 98.9 Å². The van der Waals surface area contributed by atoms with Gasteiger partial charge in [-0.15, -0.1) is 0 Å². The van der Waals surface area contributed by atoms with Gasteiger partial charge in [0.2, 0.25) is 0 Å². The second-order valence-corrected chi connectivity index (χ2v) is 18.6. The fourth-order valence-electron chi connectivity index (χ4n) is 6.13. The predicted molar refractivity (Wildman–Crippen MR) is 261 cm³/mol. The van der Waals surface area contributed by atoms with Gasteiger partial charge in [0, 0.05) is 12.8 Å². The summed E-state index contributed by atoms with van der Waals surface area (Å²) in [5.41, 5.74) is 0. The van der Waals surface area contributed by atoms with Gasteiger partial charge in [-0.1, -0.05) is 163 Å². The van der Waals surface area contributed by atoms with Gasteiger partial charge in [-0.2, -0.15) is 0 Å². The molecule has 0 saturated heterocycles. The van der Waals surface area contributed by atoms with Gasteiger partial charge in [0.25, 0.3) is 0 Å². The highest BCUT2D eigenvalue weighted by atomic mass is 31.2. The first-order valence-corrected chi connectivity index (χ1v) is 25.8. The van der Waals surface area contributed by atoms with Crippen LogP contribution in [-0.4, -0.2) is 74.9 Å². The molecular weight excluding hydrogens is 798 g/mol. The van der Waals surface area contributed by atoms with Crippen molar-refractivity contribution >= 4 is 19.8 Å². The number of phosphoric acid groups is 1. The van der Waals surface area contributed by atoms with Crippen molar-refractivity contribution in [2.24, 2.45) is 0 Å². The number of phosphoric ester groups is 1. The Morgan fingerprint density at radius 3 is 1.42 bits per heavy atom. The van der Waals surface area contributed by atoms with Crippen LogP contribution in [0.25, 0.3) is 0 Å². The lowest BCUT2D eigenvalue weighted by Crippen LogP contribution is -2.37. The van der Waals surface area contributed by atoms with Crippen molar-refractivity contribution in [3.8, 4) is 0 Å². The molecular formula is C52H91NO8P+. The normalized spacial score (nSPS) is 14.2. The quantitative estimate of drug-likeness (QED) is 0.0212. The van der Waals surface area contributed by atoms with E-state index < -0.39 is 26.5 Å². The molecule has 0 rings (SSSR count). The maximum Gasteiger partial charge on any atom is 0.472 e. The molecule has 0 aliphatic carbocycles. The second kappa shape index (κ2) is 43.4. The van der Waals surface area contributed by atoms with Crippen LogP contribution < -0.4 is 0 Å². The molecule has 2 atom stereocenters. The lowest BCUT2D eigenvalue weighted by atomic mass is 10.1. The number of allylic oxidation sites excluding steroid dienone is 14. The van der Waals surface area contributed by atoms with E-state index in [1.807, 2.05) is 21.1 Å². The van der Waals surface area contributed by atoms with Crippen LogP contribution in [0.15, 0.2) is 85.1 Å². The highest BCUT2D eigenvalue weighted by molar-refractivity contribution is 7.47. The van der Waals surface area contributed by atoms with E-state index in [1.54, 1.807) is 0 Å². The zero-order chi connectivity index (χ0) is 45.7.